The number of nitrogens with zero attached hydrogens (tertiary/aromatic N) is 1. The quantitative estimate of drug-likeness (QED) is 0.859. The van der Waals surface area contributed by atoms with Gasteiger partial charge < -0.3 is 15.5 Å². The SMILES string of the molecule is C[C@@H](N)C(=O)NCc1coc(-c2cccs2)n1. The van der Waals surface area contributed by atoms with Gasteiger partial charge in [0, 0.05) is 0 Å². The van der Waals surface area contributed by atoms with Crippen molar-refractivity contribution in [3.05, 3.63) is 29.5 Å². The second-order valence-electron chi connectivity index (χ2n) is 3.63. The molecule has 0 spiro atoms. The third-order valence-electron chi connectivity index (χ3n) is 2.14. The van der Waals surface area contributed by atoms with E-state index in [1.54, 1.807) is 18.3 Å². The Morgan fingerprint density at radius 3 is 3.18 bits per heavy atom. The topological polar surface area (TPSA) is 81.2 Å². The monoisotopic (exact) mass is 251 g/mol. The van der Waals surface area contributed by atoms with Crippen LogP contribution in [0.4, 0.5) is 0 Å². The fraction of sp³-hybridized carbons (Fsp3) is 0.273. The summed E-state index contributed by atoms with van der Waals surface area (Å²) in [6, 6.07) is 3.35. The molecule has 0 aliphatic rings. The molecule has 3 N–H and O–H groups in total. The van der Waals surface area contributed by atoms with E-state index in [1.165, 1.54) is 6.26 Å². The van der Waals surface area contributed by atoms with Gasteiger partial charge in [-0.2, -0.15) is 0 Å². The summed E-state index contributed by atoms with van der Waals surface area (Å²) in [6.07, 6.45) is 1.54. The predicted molar refractivity (Wildman–Crippen MR) is 65.3 cm³/mol. The van der Waals surface area contributed by atoms with E-state index in [-0.39, 0.29) is 5.91 Å². The summed E-state index contributed by atoms with van der Waals surface area (Å²) in [5, 5.41) is 4.63. The van der Waals surface area contributed by atoms with Crippen LogP contribution in [-0.2, 0) is 11.3 Å². The lowest BCUT2D eigenvalue weighted by molar-refractivity contribution is -0.122. The molecule has 90 valence electrons. The van der Waals surface area contributed by atoms with Crippen LogP contribution < -0.4 is 11.1 Å². The fourth-order valence-electron chi connectivity index (χ4n) is 1.24. The van der Waals surface area contributed by atoms with Crippen LogP contribution in [0.3, 0.4) is 0 Å². The summed E-state index contributed by atoms with van der Waals surface area (Å²) in [5.41, 5.74) is 6.11. The number of oxazole rings is 1. The normalized spacial score (nSPS) is 12.4. The van der Waals surface area contributed by atoms with Crippen molar-refractivity contribution < 1.29 is 9.21 Å². The van der Waals surface area contributed by atoms with E-state index in [0.29, 0.717) is 18.1 Å². The molecule has 2 heterocycles. The first-order valence-corrected chi connectivity index (χ1v) is 6.06. The van der Waals surface area contributed by atoms with Crippen LogP contribution in [0.1, 0.15) is 12.6 Å². The maximum atomic E-state index is 11.3. The lowest BCUT2D eigenvalue weighted by Crippen LogP contribution is -2.37. The first-order chi connectivity index (χ1) is 8.16. The zero-order valence-corrected chi connectivity index (χ0v) is 10.2. The number of nitrogens with two attached hydrogens (primary N) is 1. The molecular weight excluding hydrogens is 238 g/mol. The molecule has 0 aromatic carbocycles. The smallest absolute Gasteiger partial charge is 0.236 e. The first-order valence-electron chi connectivity index (χ1n) is 5.18. The van der Waals surface area contributed by atoms with E-state index < -0.39 is 6.04 Å². The second-order valence-corrected chi connectivity index (χ2v) is 4.58. The molecule has 1 amide bonds. The van der Waals surface area contributed by atoms with Gasteiger partial charge in [0.15, 0.2) is 0 Å². The fourth-order valence-corrected chi connectivity index (χ4v) is 1.90. The largest absolute Gasteiger partial charge is 0.443 e. The van der Waals surface area contributed by atoms with Crippen LogP contribution in [0.25, 0.3) is 10.8 Å². The standard InChI is InChI=1S/C11H13N3O2S/c1-7(12)10(15)13-5-8-6-16-11(14-8)9-3-2-4-17-9/h2-4,6-7H,5,12H2,1H3,(H,13,15)/t7-/m1/s1. The minimum atomic E-state index is -0.515. The highest BCUT2D eigenvalue weighted by Gasteiger charge is 2.10. The molecule has 0 fully saturated rings. The minimum absolute atomic E-state index is 0.203. The van der Waals surface area contributed by atoms with Crippen molar-refractivity contribution in [3.63, 3.8) is 0 Å². The third-order valence-corrected chi connectivity index (χ3v) is 3.00. The third kappa shape index (κ3) is 2.92. The summed E-state index contributed by atoms with van der Waals surface area (Å²) in [6.45, 7) is 1.96. The van der Waals surface area contributed by atoms with Crippen LogP contribution in [0.2, 0.25) is 0 Å². The van der Waals surface area contributed by atoms with Gasteiger partial charge >= 0.3 is 0 Å². The van der Waals surface area contributed by atoms with Crippen molar-refractivity contribution in [3.8, 4) is 10.8 Å². The summed E-state index contributed by atoms with van der Waals surface area (Å²) >= 11 is 1.56. The number of carbonyl (C=O) groups excluding carboxylic acids is 1. The summed E-state index contributed by atoms with van der Waals surface area (Å²) in [5.74, 6) is 0.371. The highest BCUT2D eigenvalue weighted by Crippen LogP contribution is 2.23. The number of amides is 1. The molecular formula is C11H13N3O2S. The highest BCUT2D eigenvalue weighted by molar-refractivity contribution is 7.13. The molecule has 1 atom stereocenters. The Morgan fingerprint density at radius 1 is 1.71 bits per heavy atom. The maximum Gasteiger partial charge on any atom is 0.236 e. The van der Waals surface area contributed by atoms with Crippen molar-refractivity contribution in [2.75, 3.05) is 0 Å². The average molecular weight is 251 g/mol. The molecule has 0 bridgehead atoms. The van der Waals surface area contributed by atoms with E-state index in [0.717, 1.165) is 4.88 Å². The number of aromatic nitrogens is 1. The number of carbonyl (C=O) groups is 1. The molecule has 2 aromatic rings. The Morgan fingerprint density at radius 2 is 2.53 bits per heavy atom. The van der Waals surface area contributed by atoms with Crippen LogP contribution in [-0.4, -0.2) is 16.9 Å². The molecule has 0 unspecified atom stereocenters. The van der Waals surface area contributed by atoms with Crippen LogP contribution in [0.5, 0.6) is 0 Å². The molecule has 0 saturated carbocycles. The van der Waals surface area contributed by atoms with Crippen LogP contribution in [0.15, 0.2) is 28.2 Å². The lowest BCUT2D eigenvalue weighted by Gasteiger charge is -2.04. The second kappa shape index (κ2) is 5.11. The molecule has 2 rings (SSSR count). The van der Waals surface area contributed by atoms with Crippen molar-refractivity contribution in [2.45, 2.75) is 19.5 Å². The van der Waals surface area contributed by atoms with Crippen molar-refractivity contribution in [1.82, 2.24) is 10.3 Å². The Balaban J connectivity index is 1.97. The predicted octanol–water partition coefficient (Wildman–Crippen LogP) is 1.37. The number of nitrogens with one attached hydrogen (secondary N) is 1. The highest BCUT2D eigenvalue weighted by atomic mass is 32.1. The molecule has 0 aliphatic carbocycles. The zero-order chi connectivity index (χ0) is 12.3. The van der Waals surface area contributed by atoms with Gasteiger partial charge in [0.25, 0.3) is 0 Å². The van der Waals surface area contributed by atoms with E-state index in [2.05, 4.69) is 10.3 Å². The van der Waals surface area contributed by atoms with Gasteiger partial charge in [0.1, 0.15) is 6.26 Å². The van der Waals surface area contributed by atoms with E-state index in [4.69, 9.17) is 10.2 Å². The van der Waals surface area contributed by atoms with Crippen molar-refractivity contribution in [1.29, 1.82) is 0 Å². The molecule has 17 heavy (non-hydrogen) atoms. The molecule has 0 saturated heterocycles. The maximum absolute atomic E-state index is 11.3. The molecule has 5 nitrogen and oxygen atoms in total. The van der Waals surface area contributed by atoms with Crippen LogP contribution >= 0.6 is 11.3 Å². The van der Waals surface area contributed by atoms with E-state index in [9.17, 15) is 4.79 Å². The average Bonchev–Trinajstić information content (AvgIpc) is 2.95. The van der Waals surface area contributed by atoms with Gasteiger partial charge in [-0.1, -0.05) is 6.07 Å². The van der Waals surface area contributed by atoms with Gasteiger partial charge in [-0.25, -0.2) is 4.98 Å². The van der Waals surface area contributed by atoms with E-state index in [1.807, 2.05) is 17.5 Å². The van der Waals surface area contributed by atoms with Gasteiger partial charge in [0.2, 0.25) is 11.8 Å². The number of rotatable bonds is 4. The first kappa shape index (κ1) is 11.8. The molecule has 2 aromatic heterocycles. The Kier molecular flexibility index (Phi) is 3.55. The Bertz CT molecular complexity index is 491. The minimum Gasteiger partial charge on any atom is -0.443 e. The molecule has 0 aliphatic heterocycles. The summed E-state index contributed by atoms with van der Waals surface area (Å²) in [7, 11) is 0. The van der Waals surface area contributed by atoms with Gasteiger partial charge in [-0.15, -0.1) is 11.3 Å². The molecule has 6 heteroatoms. The Hall–Kier alpha value is -1.66. The van der Waals surface area contributed by atoms with E-state index >= 15 is 0 Å². The number of hydrogen-bond acceptors (Lipinski definition) is 5. The van der Waals surface area contributed by atoms with Crippen molar-refractivity contribution in [2.24, 2.45) is 5.73 Å². The summed E-state index contributed by atoms with van der Waals surface area (Å²) in [4.78, 5) is 16.5. The summed E-state index contributed by atoms with van der Waals surface area (Å²) < 4.78 is 5.32. The number of hydrogen-bond donors (Lipinski definition) is 2. The van der Waals surface area contributed by atoms with Gasteiger partial charge in [0.05, 0.1) is 23.2 Å². The lowest BCUT2D eigenvalue weighted by atomic mass is 10.3. The van der Waals surface area contributed by atoms with Crippen LogP contribution in [0, 0.1) is 0 Å². The zero-order valence-electron chi connectivity index (χ0n) is 9.34. The Labute approximate surface area is 103 Å². The van der Waals surface area contributed by atoms with Gasteiger partial charge in [-0.3, -0.25) is 4.79 Å². The molecule has 0 radical (unpaired) electrons. The van der Waals surface area contributed by atoms with Crippen molar-refractivity contribution >= 4 is 17.2 Å². The van der Waals surface area contributed by atoms with Gasteiger partial charge in [-0.05, 0) is 18.4 Å². The number of thiophene rings is 1.